The topological polar surface area (TPSA) is 71.1 Å². The molecule has 0 heterocycles. The highest BCUT2D eigenvalue weighted by atomic mass is 31.2. The van der Waals surface area contributed by atoms with Crippen LogP contribution in [0.3, 0.4) is 0 Å². The Hall–Kier alpha value is -1.00. The van der Waals surface area contributed by atoms with Crippen LogP contribution in [-0.2, 0) is 39.5 Å². The maximum absolute atomic E-state index is 13.2. The van der Waals surface area contributed by atoms with E-state index in [1.165, 1.54) is 0 Å². The zero-order valence-electron chi connectivity index (χ0n) is 17.1. The Labute approximate surface area is 167 Å². The normalized spacial score (nSPS) is 12.6. The van der Waals surface area contributed by atoms with Crippen LogP contribution in [-0.4, -0.2) is 26.4 Å². The van der Waals surface area contributed by atoms with E-state index < -0.39 is 15.2 Å². The Morgan fingerprint density at radius 1 is 0.679 bits per heavy atom. The van der Waals surface area contributed by atoms with Gasteiger partial charge in [-0.25, -0.2) is 0 Å². The van der Waals surface area contributed by atoms with Crippen molar-refractivity contribution in [2.75, 3.05) is 26.4 Å². The first-order chi connectivity index (χ1) is 13.4. The SMILES string of the molecule is CCOP(=O)(Cc1ccc2ccccc2c1CP(=O)(OCC)OCC)OCC. The fraction of sp³-hybridized carbons (Fsp3) is 0.500. The Kier molecular flexibility index (Phi) is 8.88. The minimum Gasteiger partial charge on any atom is -0.309 e. The number of hydrogen-bond donors (Lipinski definition) is 0. The Balaban J connectivity index is 2.55. The first-order valence-corrected chi connectivity index (χ1v) is 13.1. The van der Waals surface area contributed by atoms with E-state index in [1.54, 1.807) is 27.7 Å². The van der Waals surface area contributed by atoms with E-state index in [0.717, 1.165) is 21.9 Å². The number of hydrogen-bond acceptors (Lipinski definition) is 6. The third-order valence-electron chi connectivity index (χ3n) is 4.16. The van der Waals surface area contributed by atoms with Gasteiger partial charge in [-0.1, -0.05) is 36.4 Å². The second kappa shape index (κ2) is 10.7. The van der Waals surface area contributed by atoms with Crippen LogP contribution in [0.25, 0.3) is 10.8 Å². The largest absolute Gasteiger partial charge is 0.335 e. The van der Waals surface area contributed by atoms with Gasteiger partial charge in [-0.15, -0.1) is 0 Å². The second-order valence-corrected chi connectivity index (χ2v) is 10.2. The molecule has 0 N–H and O–H groups in total. The van der Waals surface area contributed by atoms with Crippen LogP contribution in [0.4, 0.5) is 0 Å². The molecular weight excluding hydrogens is 398 g/mol. The van der Waals surface area contributed by atoms with Gasteiger partial charge >= 0.3 is 15.2 Å². The fourth-order valence-corrected chi connectivity index (χ4v) is 6.72. The van der Waals surface area contributed by atoms with Crippen molar-refractivity contribution >= 4 is 26.0 Å². The quantitative estimate of drug-likeness (QED) is 0.366. The molecule has 0 amide bonds. The molecule has 0 saturated carbocycles. The minimum atomic E-state index is -3.34. The van der Waals surface area contributed by atoms with Crippen LogP contribution >= 0.6 is 15.2 Å². The molecule has 28 heavy (non-hydrogen) atoms. The molecule has 2 rings (SSSR count). The van der Waals surface area contributed by atoms with Gasteiger partial charge in [0.1, 0.15) is 0 Å². The monoisotopic (exact) mass is 428 g/mol. The average molecular weight is 428 g/mol. The van der Waals surface area contributed by atoms with Crippen molar-refractivity contribution in [1.82, 2.24) is 0 Å². The van der Waals surface area contributed by atoms with Gasteiger partial charge in [0.05, 0.1) is 38.8 Å². The van der Waals surface area contributed by atoms with Gasteiger partial charge in [0.25, 0.3) is 0 Å². The molecule has 6 nitrogen and oxygen atoms in total. The average Bonchev–Trinajstić information content (AvgIpc) is 2.64. The maximum Gasteiger partial charge on any atom is 0.335 e. The van der Waals surface area contributed by atoms with Crippen LogP contribution in [0.2, 0.25) is 0 Å². The summed E-state index contributed by atoms with van der Waals surface area (Å²) in [7, 11) is -6.65. The van der Waals surface area contributed by atoms with E-state index in [9.17, 15) is 9.13 Å². The number of rotatable bonds is 12. The molecule has 0 atom stereocenters. The third kappa shape index (κ3) is 6.00. The van der Waals surface area contributed by atoms with Crippen LogP contribution < -0.4 is 0 Å². The van der Waals surface area contributed by atoms with E-state index in [1.807, 2.05) is 36.4 Å². The Morgan fingerprint density at radius 2 is 1.18 bits per heavy atom. The van der Waals surface area contributed by atoms with E-state index in [2.05, 4.69) is 0 Å². The zero-order valence-corrected chi connectivity index (χ0v) is 18.8. The van der Waals surface area contributed by atoms with E-state index >= 15 is 0 Å². The van der Waals surface area contributed by atoms with Crippen molar-refractivity contribution in [1.29, 1.82) is 0 Å². The molecule has 0 aliphatic rings. The highest BCUT2D eigenvalue weighted by Crippen LogP contribution is 2.56. The van der Waals surface area contributed by atoms with Gasteiger partial charge in [-0.2, -0.15) is 0 Å². The first kappa shape index (κ1) is 23.3. The van der Waals surface area contributed by atoms with Gasteiger partial charge in [-0.05, 0) is 49.6 Å². The van der Waals surface area contributed by atoms with E-state index in [0.29, 0.717) is 0 Å². The molecule has 2 aromatic carbocycles. The van der Waals surface area contributed by atoms with Crippen molar-refractivity contribution < 1.29 is 27.2 Å². The number of benzene rings is 2. The van der Waals surface area contributed by atoms with Gasteiger partial charge in [0, 0.05) is 0 Å². The van der Waals surface area contributed by atoms with Crippen molar-refractivity contribution in [2.24, 2.45) is 0 Å². The van der Waals surface area contributed by atoms with Crippen molar-refractivity contribution in [3.63, 3.8) is 0 Å². The molecule has 0 radical (unpaired) electrons. The molecule has 0 aromatic heterocycles. The van der Waals surface area contributed by atoms with Gasteiger partial charge in [0.2, 0.25) is 0 Å². The Bertz CT molecular complexity index is 847. The highest BCUT2D eigenvalue weighted by Gasteiger charge is 2.30. The molecule has 0 spiro atoms. The van der Waals surface area contributed by atoms with Crippen LogP contribution in [0.5, 0.6) is 0 Å². The molecule has 0 unspecified atom stereocenters. The summed E-state index contributed by atoms with van der Waals surface area (Å²) in [6, 6.07) is 11.7. The second-order valence-electron chi connectivity index (χ2n) is 6.13. The van der Waals surface area contributed by atoms with Crippen molar-refractivity contribution in [3.8, 4) is 0 Å². The molecule has 156 valence electrons. The standard InChI is InChI=1S/C20H30O6P2/c1-5-23-27(21,24-6-2)15-18-14-13-17-11-9-10-12-19(17)20(18)16-28(22,25-7-3)26-8-4/h9-14H,5-8,15-16H2,1-4H3. The lowest BCUT2D eigenvalue weighted by Gasteiger charge is -2.22. The molecule has 2 aromatic rings. The highest BCUT2D eigenvalue weighted by molar-refractivity contribution is 7.53. The summed E-state index contributed by atoms with van der Waals surface area (Å²) in [4.78, 5) is 0. The summed E-state index contributed by atoms with van der Waals surface area (Å²) in [5, 5.41) is 1.93. The lowest BCUT2D eigenvalue weighted by molar-refractivity contribution is 0.217. The predicted octanol–water partition coefficient (Wildman–Crippen LogP) is 6.37. The van der Waals surface area contributed by atoms with Gasteiger partial charge < -0.3 is 18.1 Å². The molecule has 8 heteroatoms. The fourth-order valence-electron chi connectivity index (χ4n) is 3.16. The zero-order chi connectivity index (χ0) is 20.6. The lowest BCUT2D eigenvalue weighted by atomic mass is 10.0. The molecular formula is C20H30O6P2. The summed E-state index contributed by atoms with van der Waals surface area (Å²) in [6.45, 7) is 8.29. The van der Waals surface area contributed by atoms with Crippen LogP contribution in [0.1, 0.15) is 38.8 Å². The smallest absolute Gasteiger partial charge is 0.309 e. The van der Waals surface area contributed by atoms with Gasteiger partial charge in [0.15, 0.2) is 0 Å². The molecule has 0 aliphatic heterocycles. The van der Waals surface area contributed by atoms with Crippen LogP contribution in [0, 0.1) is 0 Å². The van der Waals surface area contributed by atoms with E-state index in [-0.39, 0.29) is 38.8 Å². The molecule has 0 aliphatic carbocycles. The maximum atomic E-state index is 13.2. The molecule has 0 bridgehead atoms. The first-order valence-electron chi connectivity index (χ1n) is 9.66. The van der Waals surface area contributed by atoms with E-state index in [4.69, 9.17) is 18.1 Å². The van der Waals surface area contributed by atoms with Gasteiger partial charge in [-0.3, -0.25) is 9.13 Å². The summed E-state index contributed by atoms with van der Waals surface area (Å²) >= 11 is 0. The molecule has 0 fully saturated rings. The third-order valence-corrected chi connectivity index (χ3v) is 8.19. The van der Waals surface area contributed by atoms with Crippen molar-refractivity contribution in [2.45, 2.75) is 40.0 Å². The molecule has 0 saturated heterocycles. The minimum absolute atomic E-state index is 0.101. The summed E-state index contributed by atoms with van der Waals surface area (Å²) in [5.74, 6) is 0. The van der Waals surface area contributed by atoms with Crippen molar-refractivity contribution in [3.05, 3.63) is 47.5 Å². The lowest BCUT2D eigenvalue weighted by Crippen LogP contribution is -2.05. The predicted molar refractivity (Wildman–Crippen MR) is 113 cm³/mol. The van der Waals surface area contributed by atoms with Crippen LogP contribution in [0.15, 0.2) is 36.4 Å². The summed E-state index contributed by atoms with van der Waals surface area (Å²) in [6.07, 6.45) is 0.205. The number of fused-ring (bicyclic) bond motifs is 1. The summed E-state index contributed by atoms with van der Waals surface area (Å²) < 4.78 is 48.3. The summed E-state index contributed by atoms with van der Waals surface area (Å²) in [5.41, 5.74) is 1.56. The Morgan fingerprint density at radius 3 is 1.71 bits per heavy atom.